The number of phenols is 1. The fraction of sp³-hybridized carbons (Fsp3) is 0.143. The average Bonchev–Trinajstić information content (AvgIpc) is 2.82. The van der Waals surface area contributed by atoms with Crippen molar-refractivity contribution in [3.63, 3.8) is 0 Å². The third-order valence-electron chi connectivity index (χ3n) is 6.35. The maximum Gasteiger partial charge on any atom is 0.178 e. The smallest absolute Gasteiger partial charge is 0.178 e. The van der Waals surface area contributed by atoms with Crippen LogP contribution in [-0.2, 0) is 5.60 Å². The van der Waals surface area contributed by atoms with E-state index in [1.54, 1.807) is 19.2 Å². The minimum Gasteiger partial charge on any atom is -0.508 e. The molecule has 1 atom stereocenters. The second-order valence-electron chi connectivity index (χ2n) is 7.98. The summed E-state index contributed by atoms with van der Waals surface area (Å²) in [6.07, 6.45) is 4.29. The molecule has 154 valence electrons. The molecule has 1 unspecified atom stereocenters. The average molecular weight is 408 g/mol. The van der Waals surface area contributed by atoms with Crippen LogP contribution in [0.2, 0.25) is 0 Å². The van der Waals surface area contributed by atoms with Gasteiger partial charge in [0.2, 0.25) is 0 Å². The SMILES string of the molecule is COc1ccc(C2(c3ccc(O)cc3)C=Cc3c(C)c(C)c4ccccc4c3O2)cc1. The molecule has 0 amide bonds. The first kappa shape index (κ1) is 19.3. The zero-order chi connectivity index (χ0) is 21.6. The summed E-state index contributed by atoms with van der Waals surface area (Å²) in [5, 5.41) is 12.2. The molecule has 0 saturated carbocycles. The molecule has 0 spiro atoms. The predicted molar refractivity (Wildman–Crippen MR) is 125 cm³/mol. The third-order valence-corrected chi connectivity index (χ3v) is 6.35. The molecule has 0 aromatic heterocycles. The van der Waals surface area contributed by atoms with Crippen molar-refractivity contribution < 1.29 is 14.6 Å². The van der Waals surface area contributed by atoms with Crippen molar-refractivity contribution in [2.45, 2.75) is 19.4 Å². The number of fused-ring (bicyclic) bond motifs is 3. The van der Waals surface area contributed by atoms with E-state index in [9.17, 15) is 5.11 Å². The molecule has 1 aliphatic heterocycles. The van der Waals surface area contributed by atoms with E-state index in [2.05, 4.69) is 50.3 Å². The Morgan fingerprint density at radius 1 is 0.774 bits per heavy atom. The second-order valence-corrected chi connectivity index (χ2v) is 7.98. The first-order valence-corrected chi connectivity index (χ1v) is 10.4. The number of aryl methyl sites for hydroxylation is 1. The van der Waals surface area contributed by atoms with E-state index in [0.717, 1.165) is 33.6 Å². The van der Waals surface area contributed by atoms with Gasteiger partial charge < -0.3 is 14.6 Å². The minimum absolute atomic E-state index is 0.228. The first-order valence-electron chi connectivity index (χ1n) is 10.4. The van der Waals surface area contributed by atoms with Crippen LogP contribution in [0, 0.1) is 13.8 Å². The monoisotopic (exact) mass is 408 g/mol. The van der Waals surface area contributed by atoms with Crippen LogP contribution in [0.3, 0.4) is 0 Å². The molecule has 4 aromatic rings. The summed E-state index contributed by atoms with van der Waals surface area (Å²) in [7, 11) is 1.66. The maximum atomic E-state index is 9.87. The quantitative estimate of drug-likeness (QED) is 0.419. The number of aromatic hydroxyl groups is 1. The van der Waals surface area contributed by atoms with Gasteiger partial charge in [-0.25, -0.2) is 0 Å². The molecule has 1 aliphatic rings. The largest absolute Gasteiger partial charge is 0.508 e. The molecular formula is C28H24O3. The molecule has 3 nitrogen and oxygen atoms in total. The molecule has 5 rings (SSSR count). The van der Waals surface area contributed by atoms with Gasteiger partial charge in [0.15, 0.2) is 5.60 Å². The van der Waals surface area contributed by atoms with Crippen molar-refractivity contribution in [1.82, 2.24) is 0 Å². The standard InChI is InChI=1S/C28H24O3/c1-18-19(2)25-16-17-28(20-8-12-22(29)13-9-20,21-10-14-23(30-3)15-11-21)31-27(25)26-7-5-4-6-24(18)26/h4-17,29H,1-3H3. The first-order chi connectivity index (χ1) is 15.0. The lowest BCUT2D eigenvalue weighted by Crippen LogP contribution is -2.34. The van der Waals surface area contributed by atoms with Crippen LogP contribution in [0.5, 0.6) is 17.2 Å². The van der Waals surface area contributed by atoms with Crippen molar-refractivity contribution >= 4 is 16.8 Å². The Morgan fingerprint density at radius 3 is 2.03 bits per heavy atom. The van der Waals surface area contributed by atoms with Gasteiger partial charge in [0.25, 0.3) is 0 Å². The van der Waals surface area contributed by atoms with Crippen LogP contribution in [0.15, 0.2) is 78.9 Å². The van der Waals surface area contributed by atoms with E-state index in [-0.39, 0.29) is 5.75 Å². The van der Waals surface area contributed by atoms with Crippen molar-refractivity contribution in [1.29, 1.82) is 0 Å². The van der Waals surface area contributed by atoms with Crippen LogP contribution in [-0.4, -0.2) is 12.2 Å². The number of methoxy groups -OCH3 is 1. The van der Waals surface area contributed by atoms with Crippen LogP contribution in [0.4, 0.5) is 0 Å². The molecule has 0 bridgehead atoms. The number of hydrogen-bond acceptors (Lipinski definition) is 3. The predicted octanol–water partition coefficient (Wildman–Crippen LogP) is 6.52. The highest BCUT2D eigenvalue weighted by atomic mass is 16.5. The van der Waals surface area contributed by atoms with E-state index in [1.165, 1.54) is 16.5 Å². The van der Waals surface area contributed by atoms with E-state index in [4.69, 9.17) is 9.47 Å². The Bertz CT molecular complexity index is 1300. The molecule has 0 fully saturated rings. The summed E-state index contributed by atoms with van der Waals surface area (Å²) >= 11 is 0. The fourth-order valence-electron chi connectivity index (χ4n) is 4.46. The molecule has 1 heterocycles. The van der Waals surface area contributed by atoms with E-state index in [1.807, 2.05) is 36.4 Å². The minimum atomic E-state index is -0.822. The Morgan fingerprint density at radius 2 is 1.39 bits per heavy atom. The Labute approximate surface area is 182 Å². The highest BCUT2D eigenvalue weighted by molar-refractivity contribution is 5.96. The van der Waals surface area contributed by atoms with Crippen LogP contribution < -0.4 is 9.47 Å². The van der Waals surface area contributed by atoms with Gasteiger partial charge in [-0.1, -0.05) is 54.6 Å². The molecule has 4 aromatic carbocycles. The zero-order valence-corrected chi connectivity index (χ0v) is 17.8. The number of hydrogen-bond donors (Lipinski definition) is 1. The summed E-state index contributed by atoms with van der Waals surface area (Å²) in [5.41, 5.74) is 4.71. The molecule has 1 N–H and O–H groups in total. The van der Waals surface area contributed by atoms with Gasteiger partial charge in [-0.15, -0.1) is 0 Å². The number of benzene rings is 4. The maximum absolute atomic E-state index is 9.87. The van der Waals surface area contributed by atoms with Crippen LogP contribution in [0.25, 0.3) is 16.8 Å². The Balaban J connectivity index is 1.78. The Hall–Kier alpha value is -3.72. The van der Waals surface area contributed by atoms with E-state index in [0.29, 0.717) is 0 Å². The Kier molecular flexibility index (Phi) is 4.48. The van der Waals surface area contributed by atoms with Crippen molar-refractivity contribution in [3.05, 3.63) is 107 Å². The molecular weight excluding hydrogens is 384 g/mol. The molecule has 0 aliphatic carbocycles. The fourth-order valence-corrected chi connectivity index (χ4v) is 4.46. The topological polar surface area (TPSA) is 38.7 Å². The van der Waals surface area contributed by atoms with Crippen LogP contribution >= 0.6 is 0 Å². The zero-order valence-electron chi connectivity index (χ0n) is 17.8. The normalized spacial score (nSPS) is 17.3. The van der Waals surface area contributed by atoms with Gasteiger partial charge >= 0.3 is 0 Å². The number of ether oxygens (including phenoxy) is 2. The van der Waals surface area contributed by atoms with Crippen molar-refractivity contribution in [2.24, 2.45) is 0 Å². The van der Waals surface area contributed by atoms with E-state index >= 15 is 0 Å². The van der Waals surface area contributed by atoms with E-state index < -0.39 is 5.60 Å². The van der Waals surface area contributed by atoms with Gasteiger partial charge in [0.05, 0.1) is 7.11 Å². The summed E-state index contributed by atoms with van der Waals surface area (Å²) in [5.74, 6) is 1.90. The summed E-state index contributed by atoms with van der Waals surface area (Å²) in [4.78, 5) is 0. The molecule has 0 radical (unpaired) electrons. The lowest BCUT2D eigenvalue weighted by molar-refractivity contribution is 0.163. The van der Waals surface area contributed by atoms with Crippen molar-refractivity contribution in [3.8, 4) is 17.2 Å². The van der Waals surface area contributed by atoms with Gasteiger partial charge in [0.1, 0.15) is 17.2 Å². The van der Waals surface area contributed by atoms with Gasteiger partial charge in [-0.2, -0.15) is 0 Å². The summed E-state index contributed by atoms with van der Waals surface area (Å²) in [6, 6.07) is 23.6. The highest BCUT2D eigenvalue weighted by Gasteiger charge is 2.38. The number of phenolic OH excluding ortho intramolecular Hbond substituents is 1. The lowest BCUT2D eigenvalue weighted by Gasteiger charge is -2.37. The van der Waals surface area contributed by atoms with Crippen LogP contribution in [0.1, 0.15) is 27.8 Å². The molecule has 31 heavy (non-hydrogen) atoms. The number of rotatable bonds is 3. The van der Waals surface area contributed by atoms with Gasteiger partial charge in [-0.05, 0) is 60.7 Å². The summed E-state index contributed by atoms with van der Waals surface area (Å²) in [6.45, 7) is 4.31. The third kappa shape index (κ3) is 2.97. The molecule has 3 heteroatoms. The lowest BCUT2D eigenvalue weighted by atomic mass is 9.82. The molecule has 0 saturated heterocycles. The van der Waals surface area contributed by atoms with Gasteiger partial charge in [-0.3, -0.25) is 0 Å². The highest BCUT2D eigenvalue weighted by Crippen LogP contribution is 2.47. The second kappa shape index (κ2) is 7.21. The van der Waals surface area contributed by atoms with Crippen molar-refractivity contribution in [2.75, 3.05) is 7.11 Å². The van der Waals surface area contributed by atoms with Gasteiger partial charge in [0, 0.05) is 22.1 Å². The summed E-state index contributed by atoms with van der Waals surface area (Å²) < 4.78 is 12.3.